The predicted octanol–water partition coefficient (Wildman–Crippen LogP) is 4.91. The van der Waals surface area contributed by atoms with Crippen LogP contribution >= 0.6 is 0 Å². The number of aromatic nitrogens is 2. The van der Waals surface area contributed by atoms with Crippen molar-refractivity contribution < 1.29 is 17.7 Å². The molecule has 136 valence electrons. The summed E-state index contributed by atoms with van der Waals surface area (Å²) in [7, 11) is 0. The van der Waals surface area contributed by atoms with Gasteiger partial charge in [0, 0.05) is 17.6 Å². The molecule has 0 spiro atoms. The number of halogens is 3. The first-order valence-electron chi connectivity index (χ1n) is 8.60. The highest BCUT2D eigenvalue weighted by molar-refractivity contribution is 5.55. The minimum absolute atomic E-state index is 0.191. The summed E-state index contributed by atoms with van der Waals surface area (Å²) in [6, 6.07) is 5.83. The van der Waals surface area contributed by atoms with Crippen molar-refractivity contribution in [3.05, 3.63) is 35.7 Å². The molecule has 0 saturated heterocycles. The van der Waals surface area contributed by atoms with Gasteiger partial charge >= 0.3 is 6.18 Å². The van der Waals surface area contributed by atoms with Crippen LogP contribution in [0.1, 0.15) is 51.0 Å². The number of alkyl halides is 3. The molecule has 1 aliphatic rings. The average molecular weight is 353 g/mol. The minimum Gasteiger partial charge on any atom is -0.338 e. The largest absolute Gasteiger partial charge is 0.416 e. The molecule has 25 heavy (non-hydrogen) atoms. The van der Waals surface area contributed by atoms with Gasteiger partial charge in [0.15, 0.2) is 0 Å². The van der Waals surface area contributed by atoms with E-state index in [9.17, 15) is 13.2 Å². The van der Waals surface area contributed by atoms with Crippen LogP contribution in [0.25, 0.3) is 11.4 Å². The Kier molecular flexibility index (Phi) is 5.13. The van der Waals surface area contributed by atoms with Crippen LogP contribution in [0, 0.1) is 0 Å². The minimum atomic E-state index is -4.39. The van der Waals surface area contributed by atoms with Gasteiger partial charge in [0.05, 0.1) is 12.1 Å². The third kappa shape index (κ3) is 4.21. The lowest BCUT2D eigenvalue weighted by Gasteiger charge is -2.31. The van der Waals surface area contributed by atoms with Crippen LogP contribution < -0.4 is 0 Å². The summed E-state index contributed by atoms with van der Waals surface area (Å²) in [5.41, 5.74) is -0.409. The maximum atomic E-state index is 12.9. The lowest BCUT2D eigenvalue weighted by Crippen LogP contribution is -2.38. The molecular weight excluding hydrogens is 331 g/mol. The predicted molar refractivity (Wildman–Crippen MR) is 87.7 cm³/mol. The zero-order valence-corrected chi connectivity index (χ0v) is 14.4. The van der Waals surface area contributed by atoms with E-state index in [-0.39, 0.29) is 5.82 Å². The monoisotopic (exact) mass is 353 g/mol. The fourth-order valence-electron chi connectivity index (χ4n) is 3.40. The van der Waals surface area contributed by atoms with Crippen LogP contribution in [0.3, 0.4) is 0 Å². The van der Waals surface area contributed by atoms with Crippen LogP contribution in [-0.4, -0.2) is 27.1 Å². The summed E-state index contributed by atoms with van der Waals surface area (Å²) in [6.45, 7) is 4.78. The van der Waals surface area contributed by atoms with E-state index < -0.39 is 11.7 Å². The zero-order valence-electron chi connectivity index (χ0n) is 14.4. The van der Waals surface area contributed by atoms with Gasteiger partial charge in [-0.15, -0.1) is 0 Å². The third-order valence-corrected chi connectivity index (χ3v) is 4.69. The van der Waals surface area contributed by atoms with Gasteiger partial charge in [-0.05, 0) is 38.8 Å². The van der Waals surface area contributed by atoms with Crippen LogP contribution in [0.4, 0.5) is 13.2 Å². The first-order valence-corrected chi connectivity index (χ1v) is 8.60. The molecule has 0 aliphatic heterocycles. The Morgan fingerprint density at radius 2 is 1.96 bits per heavy atom. The van der Waals surface area contributed by atoms with Gasteiger partial charge < -0.3 is 4.52 Å². The molecule has 7 heteroatoms. The molecule has 0 unspecified atom stereocenters. The van der Waals surface area contributed by atoms with Crippen molar-refractivity contribution in [1.82, 2.24) is 15.0 Å². The molecule has 2 aromatic rings. The van der Waals surface area contributed by atoms with Gasteiger partial charge in [0.1, 0.15) is 0 Å². The Hall–Kier alpha value is -1.89. The van der Waals surface area contributed by atoms with Gasteiger partial charge in [-0.1, -0.05) is 30.1 Å². The SMILES string of the molecule is CC(C)N(Cc1nc(-c2cccc(C(F)(F)F)c2)no1)C1CCCC1. The molecule has 1 aromatic carbocycles. The van der Waals surface area contributed by atoms with Crippen molar-refractivity contribution in [3.8, 4) is 11.4 Å². The number of benzene rings is 1. The topological polar surface area (TPSA) is 42.2 Å². The molecule has 0 amide bonds. The van der Waals surface area contributed by atoms with Gasteiger partial charge in [-0.2, -0.15) is 18.2 Å². The van der Waals surface area contributed by atoms with Crippen molar-refractivity contribution in [2.75, 3.05) is 0 Å². The zero-order chi connectivity index (χ0) is 18.0. The lowest BCUT2D eigenvalue weighted by atomic mass is 10.1. The molecule has 3 rings (SSSR count). The first-order chi connectivity index (χ1) is 11.8. The Labute approximate surface area is 145 Å². The summed E-state index contributed by atoms with van der Waals surface area (Å²) in [4.78, 5) is 6.64. The molecule has 0 bridgehead atoms. The second-order valence-corrected chi connectivity index (χ2v) is 6.79. The maximum absolute atomic E-state index is 12.9. The van der Waals surface area contributed by atoms with Crippen molar-refractivity contribution >= 4 is 0 Å². The standard InChI is InChI=1S/C18H22F3N3O/c1-12(2)24(15-8-3-4-9-15)11-16-22-17(23-25-16)13-6-5-7-14(10-13)18(19,20)21/h5-7,10,12,15H,3-4,8-9,11H2,1-2H3. The molecule has 0 radical (unpaired) electrons. The first kappa shape index (κ1) is 17.9. The fourth-order valence-corrected chi connectivity index (χ4v) is 3.40. The molecule has 1 heterocycles. The van der Waals surface area contributed by atoms with Gasteiger partial charge in [0.2, 0.25) is 11.7 Å². The van der Waals surface area contributed by atoms with Gasteiger partial charge in [-0.3, -0.25) is 4.90 Å². The van der Waals surface area contributed by atoms with E-state index in [0.717, 1.165) is 25.0 Å². The lowest BCUT2D eigenvalue weighted by molar-refractivity contribution is -0.137. The molecule has 0 N–H and O–H groups in total. The van der Waals surface area contributed by atoms with Crippen LogP contribution in [0.15, 0.2) is 28.8 Å². The third-order valence-electron chi connectivity index (χ3n) is 4.69. The van der Waals surface area contributed by atoms with E-state index in [4.69, 9.17) is 4.52 Å². The normalized spacial score (nSPS) is 16.3. The van der Waals surface area contributed by atoms with E-state index in [0.29, 0.717) is 30.1 Å². The number of nitrogens with zero attached hydrogens (tertiary/aromatic N) is 3. The second kappa shape index (κ2) is 7.15. The number of hydrogen-bond acceptors (Lipinski definition) is 4. The molecule has 0 atom stereocenters. The van der Waals surface area contributed by atoms with E-state index in [1.165, 1.54) is 18.9 Å². The Morgan fingerprint density at radius 3 is 2.60 bits per heavy atom. The molecular formula is C18H22F3N3O. The molecule has 4 nitrogen and oxygen atoms in total. The van der Waals surface area contributed by atoms with Gasteiger partial charge in [-0.25, -0.2) is 0 Å². The van der Waals surface area contributed by atoms with Crippen LogP contribution in [0.2, 0.25) is 0 Å². The summed E-state index contributed by atoms with van der Waals surface area (Å²) < 4.78 is 43.9. The summed E-state index contributed by atoms with van der Waals surface area (Å²) in [5, 5.41) is 3.87. The molecule has 1 fully saturated rings. The smallest absolute Gasteiger partial charge is 0.338 e. The Morgan fingerprint density at radius 1 is 1.24 bits per heavy atom. The van der Waals surface area contributed by atoms with E-state index in [1.54, 1.807) is 6.07 Å². The van der Waals surface area contributed by atoms with Crippen molar-refractivity contribution in [2.45, 2.75) is 64.3 Å². The average Bonchev–Trinajstić information content (AvgIpc) is 3.23. The maximum Gasteiger partial charge on any atom is 0.416 e. The van der Waals surface area contributed by atoms with E-state index in [1.807, 2.05) is 0 Å². The van der Waals surface area contributed by atoms with Crippen LogP contribution in [-0.2, 0) is 12.7 Å². The van der Waals surface area contributed by atoms with Crippen molar-refractivity contribution in [3.63, 3.8) is 0 Å². The molecule has 1 saturated carbocycles. The second-order valence-electron chi connectivity index (χ2n) is 6.79. The summed E-state index contributed by atoms with van der Waals surface area (Å²) in [6.07, 6.45) is 0.388. The summed E-state index contributed by atoms with van der Waals surface area (Å²) in [5.74, 6) is 0.629. The molecule has 1 aromatic heterocycles. The van der Waals surface area contributed by atoms with E-state index >= 15 is 0 Å². The van der Waals surface area contributed by atoms with Gasteiger partial charge in [0.25, 0.3) is 0 Å². The fraction of sp³-hybridized carbons (Fsp3) is 0.556. The highest BCUT2D eigenvalue weighted by Crippen LogP contribution is 2.32. The summed E-state index contributed by atoms with van der Waals surface area (Å²) >= 11 is 0. The van der Waals surface area contributed by atoms with Crippen molar-refractivity contribution in [1.29, 1.82) is 0 Å². The Bertz CT molecular complexity index is 706. The van der Waals surface area contributed by atoms with E-state index in [2.05, 4.69) is 28.9 Å². The van der Waals surface area contributed by atoms with Crippen molar-refractivity contribution in [2.24, 2.45) is 0 Å². The quantitative estimate of drug-likeness (QED) is 0.766. The Balaban J connectivity index is 1.78. The highest BCUT2D eigenvalue weighted by atomic mass is 19.4. The number of rotatable bonds is 5. The van der Waals surface area contributed by atoms with Crippen LogP contribution in [0.5, 0.6) is 0 Å². The highest BCUT2D eigenvalue weighted by Gasteiger charge is 2.31. The molecule has 1 aliphatic carbocycles. The number of hydrogen-bond donors (Lipinski definition) is 0.